The van der Waals surface area contributed by atoms with Crippen molar-refractivity contribution in [3.8, 4) is 5.75 Å². The molecule has 0 saturated heterocycles. The van der Waals surface area contributed by atoms with Gasteiger partial charge in [0.1, 0.15) is 5.75 Å². The molecule has 0 aliphatic heterocycles. The highest BCUT2D eigenvalue weighted by Gasteiger charge is 2.16. The second-order valence-corrected chi connectivity index (χ2v) is 5.45. The minimum absolute atomic E-state index is 0.465. The molecule has 2 aromatic rings. The largest absolute Gasteiger partial charge is 0.492 e. The van der Waals surface area contributed by atoms with Gasteiger partial charge in [-0.25, -0.2) is 0 Å². The summed E-state index contributed by atoms with van der Waals surface area (Å²) in [5.41, 5.74) is 1.04. The lowest BCUT2D eigenvalue weighted by Gasteiger charge is -2.11. The first-order chi connectivity index (χ1) is 11.1. The van der Waals surface area contributed by atoms with Crippen LogP contribution >= 0.6 is 11.8 Å². The number of anilines is 2. The molecule has 0 radical (unpaired) electrons. The first kappa shape index (κ1) is 16.9. The summed E-state index contributed by atoms with van der Waals surface area (Å²) in [5.74, 6) is -0.943. The second kappa shape index (κ2) is 8.24. The van der Waals surface area contributed by atoms with Crippen LogP contribution in [0.5, 0.6) is 5.75 Å². The van der Waals surface area contributed by atoms with Crippen LogP contribution in [0.25, 0.3) is 0 Å². The molecule has 0 heterocycles. The first-order valence-electron chi connectivity index (χ1n) is 7.12. The monoisotopic (exact) mass is 330 g/mol. The second-order valence-electron chi connectivity index (χ2n) is 4.57. The summed E-state index contributed by atoms with van der Waals surface area (Å²) in [7, 11) is 0. The van der Waals surface area contributed by atoms with Crippen molar-refractivity contribution in [3.05, 3.63) is 48.5 Å². The summed E-state index contributed by atoms with van der Waals surface area (Å²) in [4.78, 5) is 25.1. The van der Waals surface area contributed by atoms with E-state index in [2.05, 4.69) is 10.6 Å². The SMILES string of the molecule is CCOc1ccccc1NC(=O)C(=O)Nc1cccc(SC)c1. The maximum atomic E-state index is 12.0. The number of para-hydroxylation sites is 2. The molecule has 120 valence electrons. The third-order valence-electron chi connectivity index (χ3n) is 2.97. The predicted molar refractivity (Wildman–Crippen MR) is 93.1 cm³/mol. The Balaban J connectivity index is 2.04. The average Bonchev–Trinajstić information content (AvgIpc) is 2.57. The minimum atomic E-state index is -0.744. The Kier molecular flexibility index (Phi) is 6.05. The maximum Gasteiger partial charge on any atom is 0.314 e. The predicted octanol–water partition coefficient (Wildman–Crippen LogP) is 3.38. The van der Waals surface area contributed by atoms with Gasteiger partial charge < -0.3 is 15.4 Å². The molecule has 0 unspecified atom stereocenters. The Morgan fingerprint density at radius 3 is 2.52 bits per heavy atom. The van der Waals surface area contributed by atoms with Crippen LogP contribution in [0.15, 0.2) is 53.4 Å². The van der Waals surface area contributed by atoms with E-state index in [1.807, 2.05) is 31.4 Å². The van der Waals surface area contributed by atoms with Crippen LogP contribution < -0.4 is 15.4 Å². The molecule has 0 aliphatic carbocycles. The molecule has 6 heteroatoms. The van der Waals surface area contributed by atoms with Gasteiger partial charge in [0, 0.05) is 10.6 Å². The number of amides is 2. The molecular weight excluding hydrogens is 312 g/mol. The van der Waals surface area contributed by atoms with E-state index in [0.29, 0.717) is 23.7 Å². The molecule has 5 nitrogen and oxygen atoms in total. The van der Waals surface area contributed by atoms with E-state index in [0.717, 1.165) is 4.90 Å². The topological polar surface area (TPSA) is 67.4 Å². The highest BCUT2D eigenvalue weighted by molar-refractivity contribution is 7.98. The normalized spacial score (nSPS) is 10.0. The van der Waals surface area contributed by atoms with Crippen molar-refractivity contribution in [2.24, 2.45) is 0 Å². The third kappa shape index (κ3) is 4.75. The number of rotatable bonds is 5. The summed E-state index contributed by atoms with van der Waals surface area (Å²) >= 11 is 1.56. The molecule has 0 aliphatic rings. The van der Waals surface area contributed by atoms with Crippen molar-refractivity contribution in [1.82, 2.24) is 0 Å². The number of thioether (sulfide) groups is 1. The van der Waals surface area contributed by atoms with Crippen molar-refractivity contribution in [2.75, 3.05) is 23.5 Å². The van der Waals surface area contributed by atoms with E-state index in [9.17, 15) is 9.59 Å². The van der Waals surface area contributed by atoms with Gasteiger partial charge in [-0.1, -0.05) is 18.2 Å². The zero-order chi connectivity index (χ0) is 16.7. The third-order valence-corrected chi connectivity index (χ3v) is 3.69. The van der Waals surface area contributed by atoms with Crippen molar-refractivity contribution in [3.63, 3.8) is 0 Å². The Labute approximate surface area is 139 Å². The summed E-state index contributed by atoms with van der Waals surface area (Å²) in [6.45, 7) is 2.32. The van der Waals surface area contributed by atoms with Crippen LogP contribution in [-0.2, 0) is 9.59 Å². The van der Waals surface area contributed by atoms with Crippen LogP contribution in [0, 0.1) is 0 Å². The summed E-state index contributed by atoms with van der Waals surface area (Å²) in [5, 5.41) is 5.15. The van der Waals surface area contributed by atoms with Crippen LogP contribution in [0.3, 0.4) is 0 Å². The van der Waals surface area contributed by atoms with Gasteiger partial charge in [0.25, 0.3) is 0 Å². The van der Waals surface area contributed by atoms with Crippen LogP contribution in [0.4, 0.5) is 11.4 Å². The zero-order valence-corrected chi connectivity index (χ0v) is 13.8. The molecule has 2 rings (SSSR count). The summed E-state index contributed by atoms with van der Waals surface area (Å²) < 4.78 is 5.42. The average molecular weight is 330 g/mol. The lowest BCUT2D eigenvalue weighted by Crippen LogP contribution is -2.29. The lowest BCUT2D eigenvalue weighted by molar-refractivity contribution is -0.133. The van der Waals surface area contributed by atoms with Gasteiger partial charge >= 0.3 is 11.8 Å². The molecule has 2 amide bonds. The quantitative estimate of drug-likeness (QED) is 0.651. The van der Waals surface area contributed by atoms with Crippen LogP contribution in [-0.4, -0.2) is 24.7 Å². The number of hydrogen-bond donors (Lipinski definition) is 2. The lowest BCUT2D eigenvalue weighted by atomic mass is 10.3. The number of hydrogen-bond acceptors (Lipinski definition) is 4. The molecule has 2 N–H and O–H groups in total. The molecule has 0 saturated carbocycles. The Hall–Kier alpha value is -2.47. The number of ether oxygens (including phenoxy) is 1. The molecule has 2 aromatic carbocycles. The summed E-state index contributed by atoms with van der Waals surface area (Å²) in [6.07, 6.45) is 1.94. The zero-order valence-electron chi connectivity index (χ0n) is 13.0. The molecule has 0 fully saturated rings. The van der Waals surface area contributed by atoms with E-state index >= 15 is 0 Å². The highest BCUT2D eigenvalue weighted by Crippen LogP contribution is 2.24. The van der Waals surface area contributed by atoms with Crippen LogP contribution in [0.1, 0.15) is 6.92 Å². The minimum Gasteiger partial charge on any atom is -0.492 e. The maximum absolute atomic E-state index is 12.0. The number of carbonyl (C=O) groups is 2. The van der Waals surface area contributed by atoms with Crippen molar-refractivity contribution in [2.45, 2.75) is 11.8 Å². The van der Waals surface area contributed by atoms with Gasteiger partial charge in [0.15, 0.2) is 0 Å². The van der Waals surface area contributed by atoms with Gasteiger partial charge in [-0.05, 0) is 43.5 Å². The fraction of sp³-hybridized carbons (Fsp3) is 0.176. The van der Waals surface area contributed by atoms with E-state index in [4.69, 9.17) is 4.74 Å². The first-order valence-corrected chi connectivity index (χ1v) is 8.34. The Morgan fingerprint density at radius 2 is 1.78 bits per heavy atom. The van der Waals surface area contributed by atoms with Gasteiger partial charge in [-0.15, -0.1) is 11.8 Å². The van der Waals surface area contributed by atoms with E-state index < -0.39 is 11.8 Å². The molecule has 0 bridgehead atoms. The summed E-state index contributed by atoms with van der Waals surface area (Å²) in [6, 6.07) is 14.3. The van der Waals surface area contributed by atoms with Gasteiger partial charge in [0.2, 0.25) is 0 Å². The van der Waals surface area contributed by atoms with Gasteiger partial charge in [-0.2, -0.15) is 0 Å². The number of carbonyl (C=O) groups excluding carboxylic acids is 2. The fourth-order valence-electron chi connectivity index (χ4n) is 1.92. The van der Waals surface area contributed by atoms with E-state index in [1.165, 1.54) is 0 Å². The van der Waals surface area contributed by atoms with Crippen molar-refractivity contribution in [1.29, 1.82) is 0 Å². The number of benzene rings is 2. The van der Waals surface area contributed by atoms with Crippen molar-refractivity contribution < 1.29 is 14.3 Å². The van der Waals surface area contributed by atoms with Gasteiger partial charge in [-0.3, -0.25) is 9.59 Å². The number of nitrogens with one attached hydrogen (secondary N) is 2. The highest BCUT2D eigenvalue weighted by atomic mass is 32.2. The molecule has 23 heavy (non-hydrogen) atoms. The van der Waals surface area contributed by atoms with Gasteiger partial charge in [0.05, 0.1) is 12.3 Å². The molecule has 0 spiro atoms. The smallest absolute Gasteiger partial charge is 0.314 e. The fourth-order valence-corrected chi connectivity index (χ4v) is 2.38. The standard InChI is InChI=1S/C17H18N2O3S/c1-3-22-15-10-5-4-9-14(15)19-17(21)16(20)18-12-7-6-8-13(11-12)23-2/h4-11H,3H2,1-2H3,(H,18,20)(H,19,21). The van der Waals surface area contributed by atoms with E-state index in [-0.39, 0.29) is 0 Å². The van der Waals surface area contributed by atoms with Crippen molar-refractivity contribution >= 4 is 35.0 Å². The van der Waals surface area contributed by atoms with E-state index in [1.54, 1.807) is 42.1 Å². The molecule has 0 atom stereocenters. The Morgan fingerprint density at radius 1 is 1.04 bits per heavy atom. The Bertz CT molecular complexity index is 704. The molecular formula is C17H18N2O3S. The molecule has 0 aromatic heterocycles. The van der Waals surface area contributed by atoms with Crippen LogP contribution in [0.2, 0.25) is 0 Å².